The highest BCUT2D eigenvalue weighted by Crippen LogP contribution is 2.14. The lowest BCUT2D eigenvalue weighted by Crippen LogP contribution is -2.29. The average Bonchev–Trinajstić information content (AvgIpc) is 2.76. The fraction of sp³-hybridized carbons (Fsp3) is 0.636. The first-order chi connectivity index (χ1) is 9.24. The minimum absolute atomic E-state index is 0.148. The molecule has 9 heteroatoms. The van der Waals surface area contributed by atoms with E-state index in [1.165, 1.54) is 12.3 Å². The van der Waals surface area contributed by atoms with Crippen LogP contribution in [0.5, 0.6) is 0 Å². The van der Waals surface area contributed by atoms with E-state index in [0.717, 1.165) is 8.99 Å². The van der Waals surface area contributed by atoms with Gasteiger partial charge in [-0.3, -0.25) is 8.51 Å². The monoisotopic (exact) mass is 322 g/mol. The van der Waals surface area contributed by atoms with E-state index in [-0.39, 0.29) is 12.4 Å². The zero-order valence-corrected chi connectivity index (χ0v) is 13.1. The first-order valence-electron chi connectivity index (χ1n) is 5.96. The third kappa shape index (κ3) is 5.10. The van der Waals surface area contributed by atoms with E-state index >= 15 is 0 Å². The van der Waals surface area contributed by atoms with Crippen LogP contribution in [0.25, 0.3) is 0 Å². The van der Waals surface area contributed by atoms with Crippen LogP contribution in [0, 0.1) is 0 Å². The van der Waals surface area contributed by atoms with Crippen molar-refractivity contribution in [2.75, 3.05) is 16.7 Å². The molecular weight excluding hydrogens is 306 g/mol. The van der Waals surface area contributed by atoms with Crippen LogP contribution in [0.15, 0.2) is 12.3 Å². The summed E-state index contributed by atoms with van der Waals surface area (Å²) < 4.78 is 29.4. The van der Waals surface area contributed by atoms with Gasteiger partial charge in [-0.05, 0) is 27.2 Å². The van der Waals surface area contributed by atoms with E-state index < -0.39 is 23.0 Å². The molecular formula is C11H17ClN3O4S-. The van der Waals surface area contributed by atoms with Gasteiger partial charge in [-0.2, -0.15) is 4.68 Å². The van der Waals surface area contributed by atoms with Crippen LogP contribution in [0.4, 0.5) is 10.6 Å². The summed E-state index contributed by atoms with van der Waals surface area (Å²) in [6.07, 6.45) is 1.16. The molecule has 0 amide bonds. The lowest BCUT2D eigenvalue weighted by atomic mass is 10.2. The number of carbonyl (C=O) groups excluding carboxylic acids is 1. The molecule has 0 aliphatic rings. The van der Waals surface area contributed by atoms with Crippen molar-refractivity contribution in [3.63, 3.8) is 0 Å². The van der Waals surface area contributed by atoms with Crippen molar-refractivity contribution in [1.29, 1.82) is 0 Å². The molecule has 0 aliphatic carbocycles. The number of hydrogen-bond acceptors (Lipinski definition) is 5. The molecule has 0 fully saturated rings. The Hall–Kier alpha value is -1.12. The summed E-state index contributed by atoms with van der Waals surface area (Å²) in [6, 6.07) is 1.42. The zero-order valence-electron chi connectivity index (χ0n) is 11.5. The summed E-state index contributed by atoms with van der Waals surface area (Å²) in [5, 5.41) is 3.90. The number of ether oxygens (including phenoxy) is 1. The van der Waals surface area contributed by atoms with E-state index in [1.54, 1.807) is 20.8 Å². The van der Waals surface area contributed by atoms with Gasteiger partial charge in [-0.15, -0.1) is 16.7 Å². The van der Waals surface area contributed by atoms with Gasteiger partial charge in [0.2, 0.25) is 0 Å². The second-order valence-electron chi connectivity index (χ2n) is 4.96. The maximum absolute atomic E-state index is 11.8. The van der Waals surface area contributed by atoms with E-state index in [9.17, 15) is 13.6 Å². The lowest BCUT2D eigenvalue weighted by molar-refractivity contribution is 0.0515. The molecule has 0 aromatic carbocycles. The Morgan fingerprint density at radius 1 is 1.60 bits per heavy atom. The largest absolute Gasteiger partial charge is 0.755 e. The van der Waals surface area contributed by atoms with Crippen molar-refractivity contribution in [1.82, 2.24) is 9.78 Å². The van der Waals surface area contributed by atoms with Crippen molar-refractivity contribution >= 4 is 34.8 Å². The number of rotatable bonds is 5. The first-order valence-corrected chi connectivity index (χ1v) is 7.53. The molecule has 0 aliphatic heterocycles. The molecule has 1 rings (SSSR count). The molecule has 0 spiro atoms. The molecule has 7 nitrogen and oxygen atoms in total. The highest BCUT2D eigenvalue weighted by atomic mass is 35.5. The fourth-order valence-electron chi connectivity index (χ4n) is 1.33. The summed E-state index contributed by atoms with van der Waals surface area (Å²) in [5.41, 5.74) is -0.650. The van der Waals surface area contributed by atoms with Gasteiger partial charge in [0.1, 0.15) is 5.60 Å². The number of anilines is 1. The quantitative estimate of drug-likeness (QED) is 0.610. The minimum atomic E-state index is -2.48. The van der Waals surface area contributed by atoms with E-state index in [1.807, 2.05) is 0 Å². The third-order valence-corrected chi connectivity index (χ3v) is 3.08. The Bertz CT molecular complexity index is 486. The fourth-order valence-corrected chi connectivity index (χ4v) is 1.97. The van der Waals surface area contributed by atoms with Crippen LogP contribution < -0.4 is 4.31 Å². The smallest absolute Gasteiger partial charge is 0.435 e. The second-order valence-corrected chi connectivity index (χ2v) is 6.21. The van der Waals surface area contributed by atoms with Gasteiger partial charge < -0.3 is 9.29 Å². The highest BCUT2D eigenvalue weighted by molar-refractivity contribution is 7.80. The van der Waals surface area contributed by atoms with Gasteiger partial charge in [0, 0.05) is 36.0 Å². The van der Waals surface area contributed by atoms with Crippen LogP contribution in [-0.4, -0.2) is 42.7 Å². The van der Waals surface area contributed by atoms with E-state index in [4.69, 9.17) is 16.3 Å². The molecule has 1 aromatic heterocycles. The number of alkyl halides is 1. The predicted octanol–water partition coefficient (Wildman–Crippen LogP) is 1.90. The summed E-state index contributed by atoms with van der Waals surface area (Å²) in [4.78, 5) is 11.8. The summed E-state index contributed by atoms with van der Waals surface area (Å²) in [7, 11) is 0. The van der Waals surface area contributed by atoms with Crippen LogP contribution >= 0.6 is 11.6 Å². The molecule has 0 saturated carbocycles. The summed E-state index contributed by atoms with van der Waals surface area (Å²) in [5.74, 6) is 0.481. The summed E-state index contributed by atoms with van der Waals surface area (Å²) >= 11 is 3.06. The molecule has 1 unspecified atom stereocenters. The van der Waals surface area contributed by atoms with Gasteiger partial charge in [0.15, 0.2) is 5.82 Å². The number of hydrogen-bond donors (Lipinski definition) is 0. The normalized spacial score (nSPS) is 13.1. The number of halogens is 1. The van der Waals surface area contributed by atoms with Crippen molar-refractivity contribution in [2.45, 2.75) is 32.8 Å². The van der Waals surface area contributed by atoms with Gasteiger partial charge in [0.05, 0.1) is 0 Å². The van der Waals surface area contributed by atoms with Crippen LogP contribution in [0.1, 0.15) is 27.2 Å². The predicted molar refractivity (Wildman–Crippen MR) is 75.5 cm³/mol. The lowest BCUT2D eigenvalue weighted by Gasteiger charge is -2.23. The summed E-state index contributed by atoms with van der Waals surface area (Å²) in [6.45, 7) is 5.39. The number of nitrogens with zero attached hydrogens (tertiary/aromatic N) is 3. The average molecular weight is 323 g/mol. The van der Waals surface area contributed by atoms with Crippen molar-refractivity contribution in [2.24, 2.45) is 0 Å². The van der Waals surface area contributed by atoms with Gasteiger partial charge in [0.25, 0.3) is 0 Å². The Morgan fingerprint density at radius 3 is 2.75 bits per heavy atom. The van der Waals surface area contributed by atoms with Crippen LogP contribution in [-0.2, 0) is 16.0 Å². The SMILES string of the molecule is CC(C)(C)OC(=O)n1ccc(N(CCCCl)S(=O)[O-])n1. The molecule has 0 bridgehead atoms. The standard InChI is InChI=1S/C11H18ClN3O4S/c1-11(2,3)19-10(16)14-8-5-9(13-14)15(20(17)18)7-4-6-12/h5,8H,4,6-7H2,1-3H3,(H,17,18)/p-1. The molecule has 0 N–H and O–H groups in total. The Kier molecular flexibility index (Phi) is 5.97. The second kappa shape index (κ2) is 7.05. The maximum atomic E-state index is 11.8. The Morgan fingerprint density at radius 2 is 2.25 bits per heavy atom. The Balaban J connectivity index is 2.84. The van der Waals surface area contributed by atoms with Gasteiger partial charge in [-0.1, -0.05) is 0 Å². The van der Waals surface area contributed by atoms with Crippen molar-refractivity contribution in [3.8, 4) is 0 Å². The van der Waals surface area contributed by atoms with Crippen LogP contribution in [0.3, 0.4) is 0 Å². The Labute approximate surface area is 125 Å². The molecule has 20 heavy (non-hydrogen) atoms. The molecule has 1 atom stereocenters. The zero-order chi connectivity index (χ0) is 15.3. The van der Waals surface area contributed by atoms with Gasteiger partial charge in [-0.25, -0.2) is 4.79 Å². The van der Waals surface area contributed by atoms with E-state index in [2.05, 4.69) is 5.10 Å². The first kappa shape index (κ1) is 16.9. The van der Waals surface area contributed by atoms with Crippen molar-refractivity contribution in [3.05, 3.63) is 12.3 Å². The molecule has 1 aromatic rings. The van der Waals surface area contributed by atoms with E-state index in [0.29, 0.717) is 12.3 Å². The topological polar surface area (TPSA) is 87.5 Å². The highest BCUT2D eigenvalue weighted by Gasteiger charge is 2.19. The molecule has 114 valence electrons. The van der Waals surface area contributed by atoms with Gasteiger partial charge >= 0.3 is 6.09 Å². The minimum Gasteiger partial charge on any atom is -0.755 e. The number of carbonyl (C=O) groups is 1. The maximum Gasteiger partial charge on any atom is 0.435 e. The molecule has 1 heterocycles. The molecule has 0 saturated heterocycles. The molecule has 0 radical (unpaired) electrons. The number of aromatic nitrogens is 2. The van der Waals surface area contributed by atoms with Crippen molar-refractivity contribution < 1.29 is 18.3 Å². The van der Waals surface area contributed by atoms with Crippen LogP contribution in [0.2, 0.25) is 0 Å². The third-order valence-electron chi connectivity index (χ3n) is 2.09.